The number of carboxylic acid groups (broad SMARTS) is 1. The zero-order chi connectivity index (χ0) is 11.5. The second-order valence-electron chi connectivity index (χ2n) is 3.45. The summed E-state index contributed by atoms with van der Waals surface area (Å²) in [6.07, 6.45) is 1.62. The van der Waals surface area contributed by atoms with Gasteiger partial charge in [-0.15, -0.1) is 10.2 Å². The maximum atomic E-state index is 10.7. The quantitative estimate of drug-likeness (QED) is 0.813. The largest absolute Gasteiger partial charge is 0.465 e. The second kappa shape index (κ2) is 4.49. The van der Waals surface area contributed by atoms with Crippen LogP contribution in [0.2, 0.25) is 5.15 Å². The Balaban J connectivity index is 2.13. The molecule has 0 spiro atoms. The molecule has 1 N–H and O–H groups in total. The average Bonchev–Trinajstić information content (AvgIpc) is 2.30. The van der Waals surface area contributed by atoms with Crippen LogP contribution in [0.1, 0.15) is 12.1 Å². The van der Waals surface area contributed by atoms with Crippen molar-refractivity contribution < 1.29 is 9.90 Å². The molecule has 6 heteroatoms. The van der Waals surface area contributed by atoms with Gasteiger partial charge in [-0.1, -0.05) is 17.7 Å². The first-order chi connectivity index (χ1) is 7.66. The predicted octanol–water partition coefficient (Wildman–Crippen LogP) is 1.90. The minimum absolute atomic E-state index is 0.354. The lowest BCUT2D eigenvalue weighted by molar-refractivity contribution is 0.150. The molecule has 5 nitrogen and oxygen atoms in total. The van der Waals surface area contributed by atoms with Crippen LogP contribution in [0, 0.1) is 0 Å². The van der Waals surface area contributed by atoms with Crippen LogP contribution in [-0.2, 0) is 0 Å². The Hall–Kier alpha value is -1.62. The normalized spacial score (nSPS) is 15.8. The second-order valence-corrected chi connectivity index (χ2v) is 3.84. The molecule has 0 atom stereocenters. The summed E-state index contributed by atoms with van der Waals surface area (Å²) in [6, 6.07) is 3.46. The highest BCUT2D eigenvalue weighted by atomic mass is 35.5. The summed E-state index contributed by atoms with van der Waals surface area (Å²) < 4.78 is 0. The van der Waals surface area contributed by atoms with Crippen molar-refractivity contribution in [2.75, 3.05) is 13.1 Å². The Kier molecular flexibility index (Phi) is 3.05. The molecule has 1 aromatic rings. The fourth-order valence-corrected chi connectivity index (χ4v) is 1.66. The van der Waals surface area contributed by atoms with Gasteiger partial charge in [-0.3, -0.25) is 0 Å². The molecule has 2 heterocycles. The summed E-state index contributed by atoms with van der Waals surface area (Å²) >= 11 is 5.64. The molecule has 0 aliphatic carbocycles. The Morgan fingerprint density at radius 2 is 2.25 bits per heavy atom. The van der Waals surface area contributed by atoms with E-state index < -0.39 is 6.09 Å². The topological polar surface area (TPSA) is 66.3 Å². The molecule has 1 aliphatic rings. The average molecular weight is 240 g/mol. The number of carbonyl (C=O) groups is 1. The van der Waals surface area contributed by atoms with Gasteiger partial charge in [0.05, 0.1) is 5.69 Å². The van der Waals surface area contributed by atoms with Gasteiger partial charge >= 0.3 is 6.09 Å². The summed E-state index contributed by atoms with van der Waals surface area (Å²) in [5, 5.41) is 16.8. The van der Waals surface area contributed by atoms with Crippen LogP contribution < -0.4 is 0 Å². The van der Waals surface area contributed by atoms with Crippen molar-refractivity contribution in [2.24, 2.45) is 0 Å². The van der Waals surface area contributed by atoms with E-state index in [9.17, 15) is 4.79 Å². The van der Waals surface area contributed by atoms with Crippen molar-refractivity contribution in [3.63, 3.8) is 0 Å². The summed E-state index contributed by atoms with van der Waals surface area (Å²) in [5.74, 6) is 0. The van der Waals surface area contributed by atoms with E-state index in [-0.39, 0.29) is 0 Å². The molecule has 0 unspecified atom stereocenters. The van der Waals surface area contributed by atoms with Gasteiger partial charge in [-0.2, -0.15) is 0 Å². The third-order valence-corrected chi connectivity index (χ3v) is 2.64. The molecule has 84 valence electrons. The summed E-state index contributed by atoms with van der Waals surface area (Å²) in [5.41, 5.74) is 1.77. The van der Waals surface area contributed by atoms with E-state index in [4.69, 9.17) is 16.7 Å². The fraction of sp³-hybridized carbons (Fsp3) is 0.300. The van der Waals surface area contributed by atoms with Gasteiger partial charge in [0.2, 0.25) is 0 Å². The first-order valence-electron chi connectivity index (χ1n) is 4.83. The third-order valence-electron chi connectivity index (χ3n) is 2.44. The van der Waals surface area contributed by atoms with E-state index in [0.29, 0.717) is 24.7 Å². The smallest absolute Gasteiger partial charge is 0.407 e. The monoisotopic (exact) mass is 239 g/mol. The first kappa shape index (κ1) is 10.9. The molecule has 0 saturated carbocycles. The minimum atomic E-state index is -0.891. The number of nitrogens with zero attached hydrogens (tertiary/aromatic N) is 3. The number of amides is 1. The highest BCUT2D eigenvalue weighted by Gasteiger charge is 2.17. The van der Waals surface area contributed by atoms with Gasteiger partial charge in [0, 0.05) is 13.1 Å². The fourth-order valence-electron chi connectivity index (χ4n) is 1.56. The van der Waals surface area contributed by atoms with Crippen LogP contribution in [-0.4, -0.2) is 39.4 Å². The molecule has 1 aromatic heterocycles. The molecule has 1 amide bonds. The molecular weight excluding hydrogens is 230 g/mol. The van der Waals surface area contributed by atoms with E-state index in [2.05, 4.69) is 10.2 Å². The van der Waals surface area contributed by atoms with Crippen LogP contribution in [0.25, 0.3) is 5.57 Å². The SMILES string of the molecule is O=C(O)N1CC=C(c2ccc(Cl)nn2)CC1. The summed E-state index contributed by atoms with van der Waals surface area (Å²) in [4.78, 5) is 12.0. The van der Waals surface area contributed by atoms with Crippen LogP contribution in [0.3, 0.4) is 0 Å². The number of aromatic nitrogens is 2. The number of hydrogen-bond donors (Lipinski definition) is 1. The van der Waals surface area contributed by atoms with Gasteiger partial charge in [0.15, 0.2) is 5.15 Å². The highest BCUT2D eigenvalue weighted by molar-refractivity contribution is 6.29. The molecule has 2 rings (SSSR count). The molecule has 16 heavy (non-hydrogen) atoms. The lowest BCUT2D eigenvalue weighted by Crippen LogP contribution is -2.33. The Morgan fingerprint density at radius 1 is 1.44 bits per heavy atom. The standard InChI is InChI=1S/C10H10ClN3O2/c11-9-2-1-8(12-13-9)7-3-5-14(6-4-7)10(15)16/h1-3H,4-6H2,(H,15,16). The molecule has 0 radical (unpaired) electrons. The molecule has 0 bridgehead atoms. The lowest BCUT2D eigenvalue weighted by Gasteiger charge is -2.23. The molecule has 0 saturated heterocycles. The van der Waals surface area contributed by atoms with E-state index in [1.807, 2.05) is 6.08 Å². The molecule has 0 fully saturated rings. The van der Waals surface area contributed by atoms with E-state index in [1.165, 1.54) is 4.90 Å². The van der Waals surface area contributed by atoms with Crippen molar-refractivity contribution in [1.82, 2.24) is 15.1 Å². The summed E-state index contributed by atoms with van der Waals surface area (Å²) in [6.45, 7) is 0.889. The summed E-state index contributed by atoms with van der Waals surface area (Å²) in [7, 11) is 0. The number of halogens is 1. The predicted molar refractivity (Wildman–Crippen MR) is 59.2 cm³/mol. The van der Waals surface area contributed by atoms with Crippen molar-refractivity contribution in [3.8, 4) is 0 Å². The van der Waals surface area contributed by atoms with Crippen molar-refractivity contribution in [1.29, 1.82) is 0 Å². The van der Waals surface area contributed by atoms with Gasteiger partial charge in [-0.25, -0.2) is 4.79 Å². The van der Waals surface area contributed by atoms with Gasteiger partial charge < -0.3 is 10.0 Å². The minimum Gasteiger partial charge on any atom is -0.465 e. The molecule has 1 aliphatic heterocycles. The number of rotatable bonds is 1. The van der Waals surface area contributed by atoms with Crippen molar-refractivity contribution in [2.45, 2.75) is 6.42 Å². The third kappa shape index (κ3) is 2.30. The van der Waals surface area contributed by atoms with Crippen LogP contribution in [0.4, 0.5) is 4.79 Å². The lowest BCUT2D eigenvalue weighted by atomic mass is 10.1. The van der Waals surface area contributed by atoms with Crippen LogP contribution in [0.15, 0.2) is 18.2 Å². The van der Waals surface area contributed by atoms with Gasteiger partial charge in [0.25, 0.3) is 0 Å². The molecule has 0 aromatic carbocycles. The van der Waals surface area contributed by atoms with Crippen LogP contribution >= 0.6 is 11.6 Å². The van der Waals surface area contributed by atoms with E-state index in [0.717, 1.165) is 11.3 Å². The van der Waals surface area contributed by atoms with Crippen molar-refractivity contribution in [3.05, 3.63) is 29.1 Å². The Labute approximate surface area is 97.4 Å². The van der Waals surface area contributed by atoms with Crippen molar-refractivity contribution >= 4 is 23.3 Å². The van der Waals surface area contributed by atoms with Gasteiger partial charge in [0.1, 0.15) is 0 Å². The van der Waals surface area contributed by atoms with Gasteiger partial charge in [-0.05, 0) is 24.1 Å². The Morgan fingerprint density at radius 3 is 2.75 bits per heavy atom. The first-order valence-corrected chi connectivity index (χ1v) is 5.21. The van der Waals surface area contributed by atoms with Crippen LogP contribution in [0.5, 0.6) is 0 Å². The zero-order valence-electron chi connectivity index (χ0n) is 8.43. The number of hydrogen-bond acceptors (Lipinski definition) is 3. The maximum Gasteiger partial charge on any atom is 0.407 e. The highest BCUT2D eigenvalue weighted by Crippen LogP contribution is 2.20. The maximum absolute atomic E-state index is 10.7. The van der Waals surface area contributed by atoms with E-state index >= 15 is 0 Å². The molecular formula is C10H10ClN3O2. The Bertz CT molecular complexity index is 430. The van der Waals surface area contributed by atoms with E-state index in [1.54, 1.807) is 12.1 Å². The zero-order valence-corrected chi connectivity index (χ0v) is 9.18.